The minimum atomic E-state index is -0.0646. The van der Waals surface area contributed by atoms with E-state index in [1.807, 2.05) is 18.2 Å². The van der Waals surface area contributed by atoms with Crippen molar-refractivity contribution in [3.8, 4) is 0 Å². The summed E-state index contributed by atoms with van der Waals surface area (Å²) in [6.45, 7) is 4.79. The van der Waals surface area contributed by atoms with E-state index in [0.29, 0.717) is 18.5 Å². The van der Waals surface area contributed by atoms with Gasteiger partial charge >= 0.3 is 0 Å². The summed E-state index contributed by atoms with van der Waals surface area (Å²) in [7, 11) is 0. The number of nitrogens with two attached hydrogens (primary N) is 1. The zero-order valence-electron chi connectivity index (χ0n) is 8.89. The monoisotopic (exact) mass is 215 g/mol. The van der Waals surface area contributed by atoms with Gasteiger partial charge in [0.15, 0.2) is 0 Å². The van der Waals surface area contributed by atoms with Crippen LogP contribution in [0.4, 0.5) is 0 Å². The van der Waals surface area contributed by atoms with Gasteiger partial charge in [0.25, 0.3) is 0 Å². The fraction of sp³-hybridized carbons (Fsp3) is 0.167. The van der Waals surface area contributed by atoms with E-state index in [4.69, 9.17) is 5.73 Å². The van der Waals surface area contributed by atoms with E-state index in [1.54, 1.807) is 10.7 Å². The highest BCUT2D eigenvalue weighted by Gasteiger charge is 2.03. The Hall–Kier alpha value is -1.94. The summed E-state index contributed by atoms with van der Waals surface area (Å²) < 4.78 is 1.74. The molecule has 82 valence electrons. The summed E-state index contributed by atoms with van der Waals surface area (Å²) in [5.74, 6) is 0. The Morgan fingerprint density at radius 2 is 2.19 bits per heavy atom. The lowest BCUT2D eigenvalue weighted by atomic mass is 10.2. The van der Waals surface area contributed by atoms with E-state index >= 15 is 0 Å². The van der Waals surface area contributed by atoms with Crippen molar-refractivity contribution >= 4 is 10.9 Å². The van der Waals surface area contributed by atoms with Gasteiger partial charge in [-0.3, -0.25) is 9.48 Å². The molecule has 0 saturated heterocycles. The molecule has 0 aliphatic rings. The zero-order chi connectivity index (χ0) is 11.5. The van der Waals surface area contributed by atoms with E-state index < -0.39 is 0 Å². The van der Waals surface area contributed by atoms with Gasteiger partial charge < -0.3 is 5.73 Å². The maximum atomic E-state index is 11.6. The maximum Gasteiger partial charge on any atom is 0.207 e. The molecule has 0 bridgehead atoms. The first-order valence-corrected chi connectivity index (χ1v) is 5.04. The standard InChI is InChI=1S/C12H13N3O/c1-9(6-13)8-15-11-5-3-2-4-10(11)12(16)7-14-15/h2-5,7H,1,6,8,13H2. The summed E-state index contributed by atoms with van der Waals surface area (Å²) in [5, 5.41) is 4.75. The highest BCUT2D eigenvalue weighted by atomic mass is 16.1. The molecule has 0 aliphatic heterocycles. The van der Waals surface area contributed by atoms with Crippen LogP contribution in [0, 0.1) is 0 Å². The third-order valence-electron chi connectivity index (χ3n) is 2.42. The number of aromatic nitrogens is 2. The molecule has 0 aliphatic carbocycles. The molecule has 1 aromatic heterocycles. The summed E-state index contributed by atoms with van der Waals surface area (Å²) in [6, 6.07) is 7.38. The summed E-state index contributed by atoms with van der Waals surface area (Å²) in [5.41, 5.74) is 7.11. The van der Waals surface area contributed by atoms with Gasteiger partial charge in [-0.15, -0.1) is 0 Å². The van der Waals surface area contributed by atoms with Crippen molar-refractivity contribution in [1.29, 1.82) is 0 Å². The lowest BCUT2D eigenvalue weighted by Crippen LogP contribution is -2.15. The average molecular weight is 215 g/mol. The van der Waals surface area contributed by atoms with Gasteiger partial charge in [-0.05, 0) is 17.7 Å². The molecule has 2 rings (SSSR count). The van der Waals surface area contributed by atoms with Gasteiger partial charge in [0.1, 0.15) is 0 Å². The lowest BCUT2D eigenvalue weighted by Gasteiger charge is -2.09. The summed E-state index contributed by atoms with van der Waals surface area (Å²) in [4.78, 5) is 11.6. The second kappa shape index (κ2) is 4.28. The lowest BCUT2D eigenvalue weighted by molar-refractivity contribution is 0.678. The van der Waals surface area contributed by atoms with Crippen molar-refractivity contribution in [3.63, 3.8) is 0 Å². The molecule has 0 atom stereocenters. The second-order valence-corrected chi connectivity index (χ2v) is 3.64. The third-order valence-corrected chi connectivity index (χ3v) is 2.42. The first-order valence-electron chi connectivity index (χ1n) is 5.04. The molecule has 0 radical (unpaired) electrons. The molecule has 16 heavy (non-hydrogen) atoms. The first kappa shape index (κ1) is 10.6. The maximum absolute atomic E-state index is 11.6. The van der Waals surface area contributed by atoms with Crippen molar-refractivity contribution in [2.75, 3.05) is 6.54 Å². The molecule has 1 aromatic carbocycles. The van der Waals surface area contributed by atoms with Crippen molar-refractivity contribution in [3.05, 3.63) is 52.8 Å². The van der Waals surface area contributed by atoms with Crippen LogP contribution in [-0.4, -0.2) is 16.3 Å². The van der Waals surface area contributed by atoms with Crippen LogP contribution in [0.1, 0.15) is 0 Å². The molecule has 0 amide bonds. The minimum Gasteiger partial charge on any atom is -0.327 e. The molecule has 0 saturated carbocycles. The Bertz CT molecular complexity index is 586. The number of hydrogen-bond donors (Lipinski definition) is 1. The van der Waals surface area contributed by atoms with Gasteiger partial charge in [-0.1, -0.05) is 18.7 Å². The van der Waals surface area contributed by atoms with Crippen molar-refractivity contribution < 1.29 is 0 Å². The SMILES string of the molecule is C=C(CN)Cn1ncc(=O)c2ccccc21. The second-order valence-electron chi connectivity index (χ2n) is 3.64. The predicted octanol–water partition coefficient (Wildman–Crippen LogP) is 0.911. The Balaban J connectivity index is 2.59. The Morgan fingerprint density at radius 1 is 1.44 bits per heavy atom. The van der Waals surface area contributed by atoms with Crippen LogP contribution in [0.15, 0.2) is 47.4 Å². The highest BCUT2D eigenvalue weighted by molar-refractivity contribution is 5.77. The van der Waals surface area contributed by atoms with Gasteiger partial charge in [-0.25, -0.2) is 0 Å². The van der Waals surface area contributed by atoms with E-state index in [9.17, 15) is 4.79 Å². The van der Waals surface area contributed by atoms with Crippen molar-refractivity contribution in [2.45, 2.75) is 6.54 Å². The van der Waals surface area contributed by atoms with E-state index in [-0.39, 0.29) is 5.43 Å². The van der Waals surface area contributed by atoms with E-state index in [0.717, 1.165) is 11.1 Å². The normalized spacial score (nSPS) is 10.6. The van der Waals surface area contributed by atoms with Crippen LogP contribution in [0.3, 0.4) is 0 Å². The fourth-order valence-corrected chi connectivity index (χ4v) is 1.56. The molecule has 4 nitrogen and oxygen atoms in total. The predicted molar refractivity (Wildman–Crippen MR) is 64.2 cm³/mol. The fourth-order valence-electron chi connectivity index (χ4n) is 1.56. The Morgan fingerprint density at radius 3 is 2.94 bits per heavy atom. The van der Waals surface area contributed by atoms with Crippen molar-refractivity contribution in [2.24, 2.45) is 5.73 Å². The smallest absolute Gasteiger partial charge is 0.207 e. The number of hydrogen-bond acceptors (Lipinski definition) is 3. The average Bonchev–Trinajstić information content (AvgIpc) is 2.33. The van der Waals surface area contributed by atoms with Crippen LogP contribution in [0.5, 0.6) is 0 Å². The van der Waals surface area contributed by atoms with Crippen LogP contribution in [0.2, 0.25) is 0 Å². The minimum absolute atomic E-state index is 0.0646. The topological polar surface area (TPSA) is 60.9 Å². The van der Waals surface area contributed by atoms with Gasteiger partial charge in [0.05, 0.1) is 18.3 Å². The third kappa shape index (κ3) is 1.87. The molecule has 0 spiro atoms. The van der Waals surface area contributed by atoms with Crippen LogP contribution in [-0.2, 0) is 6.54 Å². The first-order chi connectivity index (χ1) is 7.72. The molecule has 2 aromatic rings. The number of nitrogens with zero attached hydrogens (tertiary/aromatic N) is 2. The highest BCUT2D eigenvalue weighted by Crippen LogP contribution is 2.08. The molecular weight excluding hydrogens is 202 g/mol. The molecule has 2 N–H and O–H groups in total. The van der Waals surface area contributed by atoms with Crippen LogP contribution >= 0.6 is 0 Å². The van der Waals surface area contributed by atoms with Crippen LogP contribution in [0.25, 0.3) is 10.9 Å². The van der Waals surface area contributed by atoms with Gasteiger partial charge in [-0.2, -0.15) is 5.10 Å². The van der Waals surface area contributed by atoms with E-state index in [1.165, 1.54) is 6.20 Å². The molecular formula is C12H13N3O. The molecule has 0 fully saturated rings. The molecule has 0 unspecified atom stereocenters. The number of benzene rings is 1. The quantitative estimate of drug-likeness (QED) is 0.774. The van der Waals surface area contributed by atoms with Crippen LogP contribution < -0.4 is 11.2 Å². The Labute approximate surface area is 93.0 Å². The largest absolute Gasteiger partial charge is 0.327 e. The van der Waals surface area contributed by atoms with Gasteiger partial charge in [0, 0.05) is 11.9 Å². The summed E-state index contributed by atoms with van der Waals surface area (Å²) in [6.07, 6.45) is 1.33. The number of rotatable bonds is 3. The molecule has 4 heteroatoms. The van der Waals surface area contributed by atoms with Crippen molar-refractivity contribution in [1.82, 2.24) is 9.78 Å². The summed E-state index contributed by atoms with van der Waals surface area (Å²) >= 11 is 0. The van der Waals surface area contributed by atoms with Gasteiger partial charge in [0.2, 0.25) is 5.43 Å². The Kier molecular flexibility index (Phi) is 2.83. The molecule has 1 heterocycles. The van der Waals surface area contributed by atoms with E-state index in [2.05, 4.69) is 11.7 Å². The number of fused-ring (bicyclic) bond motifs is 1. The zero-order valence-corrected chi connectivity index (χ0v) is 8.89. The number of para-hydroxylation sites is 1.